The molecular formula is C15H12FNO3S. The molecule has 0 fully saturated rings. The molecule has 0 radical (unpaired) electrons. The summed E-state index contributed by atoms with van der Waals surface area (Å²) in [6, 6.07) is 11.7. The Bertz CT molecular complexity index is 793. The zero-order chi connectivity index (χ0) is 15.5. The molecule has 0 amide bonds. The van der Waals surface area contributed by atoms with Gasteiger partial charge >= 0.3 is 0 Å². The van der Waals surface area contributed by atoms with E-state index >= 15 is 0 Å². The molecule has 0 N–H and O–H groups in total. The molecule has 0 spiro atoms. The molecule has 21 heavy (non-hydrogen) atoms. The SMILES string of the molecule is CS(=O)(=O)c1ccc(OCc2cc(F)ccc2C#N)cc1. The average Bonchev–Trinajstić information content (AvgIpc) is 2.45. The van der Waals surface area contributed by atoms with Crippen LogP contribution in [0.3, 0.4) is 0 Å². The molecule has 2 aromatic carbocycles. The van der Waals surface area contributed by atoms with Crippen LogP contribution in [-0.4, -0.2) is 14.7 Å². The summed E-state index contributed by atoms with van der Waals surface area (Å²) in [4.78, 5) is 0.193. The molecule has 2 rings (SSSR count). The first kappa shape index (κ1) is 15.0. The summed E-state index contributed by atoms with van der Waals surface area (Å²) in [5.74, 6) is -0.00410. The zero-order valence-corrected chi connectivity index (χ0v) is 12.0. The van der Waals surface area contributed by atoms with E-state index < -0.39 is 15.7 Å². The van der Waals surface area contributed by atoms with Gasteiger partial charge in [0.2, 0.25) is 0 Å². The number of benzene rings is 2. The van der Waals surface area contributed by atoms with Gasteiger partial charge in [-0.15, -0.1) is 0 Å². The maximum Gasteiger partial charge on any atom is 0.175 e. The van der Waals surface area contributed by atoms with Gasteiger partial charge in [0.05, 0.1) is 16.5 Å². The van der Waals surface area contributed by atoms with Gasteiger partial charge in [0.1, 0.15) is 18.2 Å². The molecule has 0 bridgehead atoms. The minimum Gasteiger partial charge on any atom is -0.489 e. The molecule has 108 valence electrons. The molecule has 0 aliphatic rings. The smallest absolute Gasteiger partial charge is 0.175 e. The van der Waals surface area contributed by atoms with E-state index in [1.807, 2.05) is 6.07 Å². The van der Waals surface area contributed by atoms with Crippen molar-refractivity contribution in [2.24, 2.45) is 0 Å². The van der Waals surface area contributed by atoms with Gasteiger partial charge in [0, 0.05) is 11.8 Å². The van der Waals surface area contributed by atoms with Crippen molar-refractivity contribution in [3.8, 4) is 11.8 Å². The van der Waals surface area contributed by atoms with E-state index in [1.54, 1.807) is 0 Å². The highest BCUT2D eigenvalue weighted by Crippen LogP contribution is 2.18. The number of ether oxygens (including phenoxy) is 1. The largest absolute Gasteiger partial charge is 0.489 e. The molecule has 0 aromatic heterocycles. The third-order valence-electron chi connectivity index (χ3n) is 2.83. The van der Waals surface area contributed by atoms with Crippen LogP contribution >= 0.6 is 0 Å². The first-order valence-electron chi connectivity index (χ1n) is 6.01. The number of hydrogen-bond acceptors (Lipinski definition) is 4. The van der Waals surface area contributed by atoms with Crippen LogP contribution in [0.15, 0.2) is 47.4 Å². The number of halogens is 1. The fourth-order valence-electron chi connectivity index (χ4n) is 1.73. The summed E-state index contributed by atoms with van der Waals surface area (Å²) in [6.45, 7) is 0.0267. The Kier molecular flexibility index (Phi) is 4.24. The van der Waals surface area contributed by atoms with Crippen molar-refractivity contribution in [1.29, 1.82) is 5.26 Å². The Morgan fingerprint density at radius 2 is 1.86 bits per heavy atom. The highest BCUT2D eigenvalue weighted by atomic mass is 32.2. The predicted octanol–water partition coefficient (Wildman–Crippen LogP) is 2.68. The van der Waals surface area contributed by atoms with Gasteiger partial charge < -0.3 is 4.74 Å². The summed E-state index contributed by atoms with van der Waals surface area (Å²) in [6.07, 6.45) is 1.12. The van der Waals surface area contributed by atoms with E-state index in [1.165, 1.54) is 42.5 Å². The lowest BCUT2D eigenvalue weighted by Gasteiger charge is -2.08. The van der Waals surface area contributed by atoms with E-state index in [0.29, 0.717) is 16.9 Å². The average molecular weight is 305 g/mol. The highest BCUT2D eigenvalue weighted by Gasteiger charge is 2.08. The lowest BCUT2D eigenvalue weighted by atomic mass is 10.1. The summed E-state index contributed by atoms with van der Waals surface area (Å²) in [7, 11) is -3.25. The second-order valence-electron chi connectivity index (χ2n) is 4.45. The van der Waals surface area contributed by atoms with Gasteiger partial charge in [-0.25, -0.2) is 12.8 Å². The topological polar surface area (TPSA) is 67.2 Å². The first-order valence-corrected chi connectivity index (χ1v) is 7.91. The van der Waals surface area contributed by atoms with Gasteiger partial charge in [-0.3, -0.25) is 0 Å². The van der Waals surface area contributed by atoms with Crippen LogP contribution in [0.4, 0.5) is 4.39 Å². The van der Waals surface area contributed by atoms with Crippen LogP contribution in [0, 0.1) is 17.1 Å². The quantitative estimate of drug-likeness (QED) is 0.871. The molecular weight excluding hydrogens is 293 g/mol. The van der Waals surface area contributed by atoms with Crippen molar-refractivity contribution in [3.63, 3.8) is 0 Å². The fourth-order valence-corrected chi connectivity index (χ4v) is 2.37. The summed E-state index contributed by atoms with van der Waals surface area (Å²) < 4.78 is 41.3. The van der Waals surface area contributed by atoms with E-state index in [9.17, 15) is 12.8 Å². The molecule has 6 heteroatoms. The first-order chi connectivity index (χ1) is 9.90. The Labute approximate surface area is 122 Å². The third-order valence-corrected chi connectivity index (χ3v) is 3.96. The van der Waals surface area contributed by atoms with E-state index in [4.69, 9.17) is 10.00 Å². The molecule has 0 atom stereocenters. The van der Waals surface area contributed by atoms with Gasteiger partial charge in [-0.2, -0.15) is 5.26 Å². The monoisotopic (exact) mass is 305 g/mol. The Balaban J connectivity index is 2.14. The maximum absolute atomic E-state index is 13.2. The van der Waals surface area contributed by atoms with Crippen molar-refractivity contribution in [3.05, 3.63) is 59.4 Å². The van der Waals surface area contributed by atoms with Gasteiger partial charge in [0.25, 0.3) is 0 Å². The number of rotatable bonds is 4. The maximum atomic E-state index is 13.2. The Hall–Kier alpha value is -2.39. The molecule has 2 aromatic rings. The Morgan fingerprint density at radius 1 is 1.19 bits per heavy atom. The van der Waals surface area contributed by atoms with Crippen LogP contribution in [0.1, 0.15) is 11.1 Å². The van der Waals surface area contributed by atoms with Crippen LogP contribution in [0.25, 0.3) is 0 Å². The standard InChI is InChI=1S/C15H12FNO3S/c1-21(18,19)15-6-4-14(5-7-15)20-10-12-8-13(16)3-2-11(12)9-17/h2-8H,10H2,1H3. The molecule has 0 saturated carbocycles. The molecule has 0 unspecified atom stereocenters. The lowest BCUT2D eigenvalue weighted by molar-refractivity contribution is 0.305. The predicted molar refractivity (Wildman–Crippen MR) is 75.0 cm³/mol. The second-order valence-corrected chi connectivity index (χ2v) is 6.46. The van der Waals surface area contributed by atoms with E-state index in [-0.39, 0.29) is 11.5 Å². The van der Waals surface area contributed by atoms with Gasteiger partial charge in [-0.1, -0.05) is 0 Å². The van der Waals surface area contributed by atoms with Crippen molar-refractivity contribution in [1.82, 2.24) is 0 Å². The van der Waals surface area contributed by atoms with E-state index in [0.717, 1.165) is 6.26 Å². The molecule has 0 aliphatic carbocycles. The number of nitriles is 1. The normalized spacial score (nSPS) is 10.9. The van der Waals surface area contributed by atoms with Crippen molar-refractivity contribution < 1.29 is 17.5 Å². The van der Waals surface area contributed by atoms with Gasteiger partial charge in [-0.05, 0) is 42.5 Å². The summed E-state index contributed by atoms with van der Waals surface area (Å²) in [5.41, 5.74) is 0.772. The fraction of sp³-hybridized carbons (Fsp3) is 0.133. The number of sulfone groups is 1. The molecule has 4 nitrogen and oxygen atoms in total. The summed E-state index contributed by atoms with van der Waals surface area (Å²) in [5, 5.41) is 8.94. The number of hydrogen-bond donors (Lipinski definition) is 0. The van der Waals surface area contributed by atoms with Crippen LogP contribution in [-0.2, 0) is 16.4 Å². The van der Waals surface area contributed by atoms with Crippen LogP contribution in [0.2, 0.25) is 0 Å². The van der Waals surface area contributed by atoms with Gasteiger partial charge in [0.15, 0.2) is 9.84 Å². The number of nitrogens with zero attached hydrogens (tertiary/aromatic N) is 1. The van der Waals surface area contributed by atoms with Crippen molar-refractivity contribution in [2.45, 2.75) is 11.5 Å². The third kappa shape index (κ3) is 3.80. The zero-order valence-electron chi connectivity index (χ0n) is 11.2. The van der Waals surface area contributed by atoms with Crippen molar-refractivity contribution in [2.75, 3.05) is 6.26 Å². The lowest BCUT2D eigenvalue weighted by Crippen LogP contribution is -2.00. The molecule has 0 aliphatic heterocycles. The molecule has 0 heterocycles. The van der Waals surface area contributed by atoms with Crippen LogP contribution < -0.4 is 4.74 Å². The second kappa shape index (κ2) is 5.94. The highest BCUT2D eigenvalue weighted by molar-refractivity contribution is 7.90. The summed E-state index contributed by atoms with van der Waals surface area (Å²) >= 11 is 0. The van der Waals surface area contributed by atoms with Crippen LogP contribution in [0.5, 0.6) is 5.75 Å². The molecule has 0 saturated heterocycles. The van der Waals surface area contributed by atoms with E-state index in [2.05, 4.69) is 0 Å². The minimum absolute atomic E-state index is 0.0267. The van der Waals surface area contributed by atoms with Crippen molar-refractivity contribution >= 4 is 9.84 Å². The minimum atomic E-state index is -3.25. The Morgan fingerprint density at radius 3 is 2.43 bits per heavy atom.